The van der Waals surface area contributed by atoms with Crippen LogP contribution in [0.15, 0.2) is 22.7 Å². The van der Waals surface area contributed by atoms with E-state index >= 15 is 0 Å². The third-order valence-electron chi connectivity index (χ3n) is 4.59. The minimum Gasteiger partial charge on any atom is -0.460 e. The number of carbonyl (C=O) groups excluding carboxylic acids is 1. The molecular formula is C18H26N4O2. The summed E-state index contributed by atoms with van der Waals surface area (Å²) in [4.78, 5) is 14.0. The van der Waals surface area contributed by atoms with Crippen molar-refractivity contribution in [2.45, 2.75) is 46.2 Å². The van der Waals surface area contributed by atoms with E-state index in [9.17, 15) is 4.79 Å². The zero-order chi connectivity index (χ0) is 17.1. The third-order valence-corrected chi connectivity index (χ3v) is 4.59. The van der Waals surface area contributed by atoms with Gasteiger partial charge in [0, 0.05) is 37.2 Å². The van der Waals surface area contributed by atoms with Crippen molar-refractivity contribution >= 4 is 5.91 Å². The zero-order valence-corrected chi connectivity index (χ0v) is 14.6. The van der Waals surface area contributed by atoms with E-state index in [4.69, 9.17) is 4.42 Å². The molecule has 3 rings (SSSR count). The number of aromatic nitrogens is 2. The zero-order valence-electron chi connectivity index (χ0n) is 14.6. The number of nitrogens with one attached hydrogen (secondary N) is 2. The van der Waals surface area contributed by atoms with Gasteiger partial charge in [0.05, 0.1) is 6.20 Å². The summed E-state index contributed by atoms with van der Waals surface area (Å²) < 4.78 is 5.68. The molecule has 1 fully saturated rings. The predicted octanol–water partition coefficient (Wildman–Crippen LogP) is 2.71. The van der Waals surface area contributed by atoms with Crippen molar-refractivity contribution in [2.24, 2.45) is 5.92 Å². The Kier molecular flexibility index (Phi) is 5.04. The molecule has 0 aliphatic carbocycles. The van der Waals surface area contributed by atoms with E-state index in [1.807, 2.05) is 44.0 Å². The number of hydrogen-bond acceptors (Lipinski definition) is 4. The molecule has 1 amide bonds. The number of likely N-dealkylation sites (tertiary alicyclic amines) is 1. The SMILES string of the molecule is Cc1ccc(-c2[nH]ncc2CNC2CCN(C(=O)C(C)C)CC2)o1. The molecule has 1 aliphatic heterocycles. The predicted molar refractivity (Wildman–Crippen MR) is 92.3 cm³/mol. The molecule has 2 aromatic rings. The number of furan rings is 1. The Balaban J connectivity index is 1.53. The van der Waals surface area contributed by atoms with E-state index in [2.05, 4.69) is 15.5 Å². The summed E-state index contributed by atoms with van der Waals surface area (Å²) in [6.45, 7) is 8.28. The van der Waals surface area contributed by atoms with Crippen molar-refractivity contribution in [3.05, 3.63) is 29.7 Å². The highest BCUT2D eigenvalue weighted by Gasteiger charge is 2.24. The van der Waals surface area contributed by atoms with Crippen LogP contribution in [0.2, 0.25) is 0 Å². The van der Waals surface area contributed by atoms with Gasteiger partial charge in [0.15, 0.2) is 5.76 Å². The van der Waals surface area contributed by atoms with Gasteiger partial charge >= 0.3 is 0 Å². The first-order valence-corrected chi connectivity index (χ1v) is 8.66. The Morgan fingerprint density at radius 2 is 2.17 bits per heavy atom. The van der Waals surface area contributed by atoms with Crippen LogP contribution in [0, 0.1) is 12.8 Å². The average molecular weight is 330 g/mol. The van der Waals surface area contributed by atoms with Crippen LogP contribution >= 0.6 is 0 Å². The van der Waals surface area contributed by atoms with Gasteiger partial charge in [-0.25, -0.2) is 0 Å². The minimum atomic E-state index is 0.0831. The van der Waals surface area contributed by atoms with Gasteiger partial charge in [0.25, 0.3) is 0 Å². The lowest BCUT2D eigenvalue weighted by Crippen LogP contribution is -2.45. The second-order valence-electron chi connectivity index (χ2n) is 6.82. The summed E-state index contributed by atoms with van der Waals surface area (Å²) in [5, 5.41) is 10.8. The molecule has 6 nitrogen and oxygen atoms in total. The topological polar surface area (TPSA) is 74.2 Å². The lowest BCUT2D eigenvalue weighted by molar-refractivity contribution is -0.135. The van der Waals surface area contributed by atoms with E-state index < -0.39 is 0 Å². The van der Waals surface area contributed by atoms with Crippen molar-refractivity contribution < 1.29 is 9.21 Å². The van der Waals surface area contributed by atoms with Gasteiger partial charge in [-0.2, -0.15) is 5.10 Å². The van der Waals surface area contributed by atoms with Crippen LogP contribution in [0.4, 0.5) is 0 Å². The molecule has 2 N–H and O–H groups in total. The number of carbonyl (C=O) groups is 1. The van der Waals surface area contributed by atoms with Crippen molar-refractivity contribution in [1.82, 2.24) is 20.4 Å². The van der Waals surface area contributed by atoms with Crippen LogP contribution in [0.25, 0.3) is 11.5 Å². The van der Waals surface area contributed by atoms with Crippen LogP contribution in [0.1, 0.15) is 38.0 Å². The second-order valence-corrected chi connectivity index (χ2v) is 6.82. The Morgan fingerprint density at radius 1 is 1.42 bits per heavy atom. The van der Waals surface area contributed by atoms with E-state index in [1.165, 1.54) is 0 Å². The first-order chi connectivity index (χ1) is 11.5. The number of hydrogen-bond donors (Lipinski definition) is 2. The molecule has 0 aromatic carbocycles. The number of H-pyrrole nitrogens is 1. The van der Waals surface area contributed by atoms with E-state index in [-0.39, 0.29) is 11.8 Å². The lowest BCUT2D eigenvalue weighted by atomic mass is 10.0. The summed E-state index contributed by atoms with van der Waals surface area (Å²) in [5.74, 6) is 2.05. The van der Waals surface area contributed by atoms with Crippen LogP contribution in [0.5, 0.6) is 0 Å². The van der Waals surface area contributed by atoms with Gasteiger partial charge in [-0.1, -0.05) is 13.8 Å². The van der Waals surface area contributed by atoms with Crippen molar-refractivity contribution in [3.8, 4) is 11.5 Å². The Morgan fingerprint density at radius 3 is 2.79 bits per heavy atom. The Labute approximate surface area is 142 Å². The third kappa shape index (κ3) is 3.70. The molecule has 0 atom stereocenters. The van der Waals surface area contributed by atoms with Crippen molar-refractivity contribution in [1.29, 1.82) is 0 Å². The maximum Gasteiger partial charge on any atom is 0.225 e. The van der Waals surface area contributed by atoms with Gasteiger partial charge < -0.3 is 14.6 Å². The molecule has 6 heteroatoms. The van der Waals surface area contributed by atoms with Gasteiger partial charge in [-0.05, 0) is 31.9 Å². The van der Waals surface area contributed by atoms with Gasteiger partial charge in [0.1, 0.15) is 11.5 Å². The molecule has 3 heterocycles. The largest absolute Gasteiger partial charge is 0.460 e. The van der Waals surface area contributed by atoms with E-state index in [0.717, 1.165) is 55.3 Å². The van der Waals surface area contributed by atoms with Crippen LogP contribution in [-0.2, 0) is 11.3 Å². The van der Waals surface area contributed by atoms with Crippen LogP contribution in [-0.4, -0.2) is 40.1 Å². The molecule has 0 spiro atoms. The highest BCUT2D eigenvalue weighted by Crippen LogP contribution is 2.23. The van der Waals surface area contributed by atoms with Crippen molar-refractivity contribution in [2.75, 3.05) is 13.1 Å². The van der Waals surface area contributed by atoms with Gasteiger partial charge in [-0.3, -0.25) is 9.89 Å². The Bertz CT molecular complexity index is 681. The number of amides is 1. The average Bonchev–Trinajstić information content (AvgIpc) is 3.21. The highest BCUT2D eigenvalue weighted by atomic mass is 16.3. The molecule has 1 aliphatic rings. The molecule has 0 bridgehead atoms. The highest BCUT2D eigenvalue weighted by molar-refractivity contribution is 5.78. The first kappa shape index (κ1) is 16.8. The summed E-state index contributed by atoms with van der Waals surface area (Å²) in [5.41, 5.74) is 2.04. The molecule has 0 saturated carbocycles. The minimum absolute atomic E-state index is 0.0831. The maximum atomic E-state index is 12.0. The Hall–Kier alpha value is -2.08. The molecule has 0 unspecified atom stereocenters. The summed E-state index contributed by atoms with van der Waals surface area (Å²) in [6, 6.07) is 4.35. The van der Waals surface area contributed by atoms with Crippen LogP contribution in [0.3, 0.4) is 0 Å². The number of piperidine rings is 1. The number of nitrogens with zero attached hydrogens (tertiary/aromatic N) is 2. The summed E-state index contributed by atoms with van der Waals surface area (Å²) in [6.07, 6.45) is 3.83. The molecule has 0 radical (unpaired) electrons. The fourth-order valence-electron chi connectivity index (χ4n) is 3.15. The molecule has 24 heavy (non-hydrogen) atoms. The van der Waals surface area contributed by atoms with Crippen LogP contribution < -0.4 is 5.32 Å². The monoisotopic (exact) mass is 330 g/mol. The van der Waals surface area contributed by atoms with Crippen molar-refractivity contribution in [3.63, 3.8) is 0 Å². The maximum absolute atomic E-state index is 12.0. The van der Waals surface area contributed by atoms with Gasteiger partial charge in [-0.15, -0.1) is 0 Å². The number of rotatable bonds is 5. The molecule has 2 aromatic heterocycles. The lowest BCUT2D eigenvalue weighted by Gasteiger charge is -2.33. The molecule has 1 saturated heterocycles. The summed E-state index contributed by atoms with van der Waals surface area (Å²) >= 11 is 0. The normalized spacial score (nSPS) is 16.1. The fraction of sp³-hybridized carbons (Fsp3) is 0.556. The summed E-state index contributed by atoms with van der Waals surface area (Å²) in [7, 11) is 0. The second kappa shape index (κ2) is 7.21. The molecule has 130 valence electrons. The quantitative estimate of drug-likeness (QED) is 0.884. The number of aryl methyl sites for hydroxylation is 1. The first-order valence-electron chi connectivity index (χ1n) is 8.66. The standard InChI is InChI=1S/C18H26N4O2/c1-12(2)18(23)22-8-6-15(7-9-22)19-10-14-11-20-21-17(14)16-5-4-13(3)24-16/h4-5,11-12,15,19H,6-10H2,1-3H3,(H,20,21). The fourth-order valence-corrected chi connectivity index (χ4v) is 3.15. The molecular weight excluding hydrogens is 304 g/mol. The number of aromatic amines is 1. The van der Waals surface area contributed by atoms with E-state index in [0.29, 0.717) is 6.04 Å². The van der Waals surface area contributed by atoms with E-state index in [1.54, 1.807) is 0 Å². The smallest absolute Gasteiger partial charge is 0.225 e. The van der Waals surface area contributed by atoms with Gasteiger partial charge in [0.2, 0.25) is 5.91 Å².